The summed E-state index contributed by atoms with van der Waals surface area (Å²) in [6.45, 7) is 0. The van der Waals surface area contributed by atoms with E-state index >= 15 is 0 Å². The summed E-state index contributed by atoms with van der Waals surface area (Å²) in [7, 11) is 0. The molecule has 1 aliphatic heterocycles. The van der Waals surface area contributed by atoms with Crippen LogP contribution in [0.4, 0.5) is 0 Å². The van der Waals surface area contributed by atoms with Crippen LogP contribution < -0.4 is 0 Å². The Morgan fingerprint density at radius 2 is 1.05 bits per heavy atom. The lowest BCUT2D eigenvalue weighted by atomic mass is 9.82. The van der Waals surface area contributed by atoms with Crippen molar-refractivity contribution in [2.24, 2.45) is 0 Å². The molecule has 0 saturated heterocycles. The fraction of sp³-hybridized carbons (Fsp3) is 0.0286. The standard InChI is InChI=1S/C35H24ClN/c36-29-21-22-32-30(23-29)33(26-15-7-2-8-16-26)34-31(25-13-5-1-6-14-25)24-35(37(32)34,27-17-9-3-10-18-27)28-19-11-4-12-20-28/h1-24H. The molecule has 0 spiro atoms. The topological polar surface area (TPSA) is 4.93 Å². The largest absolute Gasteiger partial charge is 0.322 e. The third kappa shape index (κ3) is 3.32. The van der Waals surface area contributed by atoms with Crippen LogP contribution in [0.2, 0.25) is 5.02 Å². The van der Waals surface area contributed by atoms with Crippen LogP contribution in [0.25, 0.3) is 27.6 Å². The van der Waals surface area contributed by atoms with Gasteiger partial charge in [0.05, 0.1) is 11.2 Å². The number of allylic oxidation sites excluding steroid dienone is 1. The van der Waals surface area contributed by atoms with Crippen LogP contribution in [0.1, 0.15) is 22.4 Å². The second-order valence-electron chi connectivity index (χ2n) is 9.51. The van der Waals surface area contributed by atoms with Crippen molar-refractivity contribution in [1.82, 2.24) is 4.57 Å². The zero-order valence-corrected chi connectivity index (χ0v) is 20.9. The van der Waals surface area contributed by atoms with E-state index in [2.05, 4.69) is 144 Å². The van der Waals surface area contributed by atoms with Crippen LogP contribution in [0.3, 0.4) is 0 Å². The highest BCUT2D eigenvalue weighted by Gasteiger charge is 2.44. The highest BCUT2D eigenvalue weighted by molar-refractivity contribution is 6.31. The maximum absolute atomic E-state index is 6.64. The molecule has 0 fully saturated rings. The summed E-state index contributed by atoms with van der Waals surface area (Å²) in [5.74, 6) is 0. The van der Waals surface area contributed by atoms with E-state index in [4.69, 9.17) is 11.6 Å². The van der Waals surface area contributed by atoms with E-state index in [0.717, 1.165) is 15.9 Å². The lowest BCUT2D eigenvalue weighted by Gasteiger charge is -2.33. The molecular formula is C35H24ClN. The Balaban J connectivity index is 1.71. The van der Waals surface area contributed by atoms with Gasteiger partial charge in [-0.3, -0.25) is 0 Å². The molecule has 1 aromatic heterocycles. The first kappa shape index (κ1) is 21.9. The molecule has 1 aliphatic rings. The van der Waals surface area contributed by atoms with E-state index in [9.17, 15) is 0 Å². The van der Waals surface area contributed by atoms with Gasteiger partial charge in [0.25, 0.3) is 0 Å². The summed E-state index contributed by atoms with van der Waals surface area (Å²) >= 11 is 6.64. The lowest BCUT2D eigenvalue weighted by Crippen LogP contribution is -2.32. The molecule has 1 nitrogen and oxygen atoms in total. The van der Waals surface area contributed by atoms with Gasteiger partial charge in [0.15, 0.2) is 0 Å². The van der Waals surface area contributed by atoms with Gasteiger partial charge in [0.1, 0.15) is 5.54 Å². The van der Waals surface area contributed by atoms with E-state index in [-0.39, 0.29) is 0 Å². The molecule has 0 N–H and O–H groups in total. The summed E-state index contributed by atoms with van der Waals surface area (Å²) in [5, 5.41) is 1.90. The number of hydrogen-bond acceptors (Lipinski definition) is 0. The summed E-state index contributed by atoms with van der Waals surface area (Å²) in [6.07, 6.45) is 2.46. The molecule has 0 radical (unpaired) electrons. The molecule has 2 heteroatoms. The van der Waals surface area contributed by atoms with Crippen molar-refractivity contribution >= 4 is 28.1 Å². The number of fused-ring (bicyclic) bond motifs is 3. The first-order chi connectivity index (χ1) is 18.3. The minimum atomic E-state index is -0.526. The molecule has 6 aromatic rings. The van der Waals surface area contributed by atoms with Crippen LogP contribution in [0.15, 0.2) is 146 Å². The monoisotopic (exact) mass is 493 g/mol. The maximum atomic E-state index is 6.64. The Bertz CT molecular complexity index is 1710. The van der Waals surface area contributed by atoms with E-state index in [1.165, 1.54) is 39.1 Å². The van der Waals surface area contributed by atoms with Gasteiger partial charge in [-0.1, -0.05) is 133 Å². The second kappa shape index (κ2) is 8.65. The average molecular weight is 494 g/mol. The van der Waals surface area contributed by atoms with Gasteiger partial charge in [-0.05, 0) is 46.5 Å². The first-order valence-electron chi connectivity index (χ1n) is 12.6. The zero-order valence-electron chi connectivity index (χ0n) is 20.2. The van der Waals surface area contributed by atoms with E-state index < -0.39 is 5.54 Å². The molecule has 0 atom stereocenters. The van der Waals surface area contributed by atoms with Crippen molar-refractivity contribution in [3.8, 4) is 11.1 Å². The summed E-state index contributed by atoms with van der Waals surface area (Å²) in [6, 6.07) is 49.4. The quantitative estimate of drug-likeness (QED) is 0.230. The van der Waals surface area contributed by atoms with Crippen molar-refractivity contribution in [2.45, 2.75) is 5.54 Å². The van der Waals surface area contributed by atoms with E-state index in [0.29, 0.717) is 0 Å². The predicted octanol–water partition coefficient (Wildman–Crippen LogP) is 9.20. The Morgan fingerprint density at radius 3 is 1.62 bits per heavy atom. The fourth-order valence-electron chi connectivity index (χ4n) is 5.94. The van der Waals surface area contributed by atoms with Gasteiger partial charge < -0.3 is 4.57 Å². The highest BCUT2D eigenvalue weighted by Crippen LogP contribution is 2.53. The number of benzene rings is 5. The lowest BCUT2D eigenvalue weighted by molar-refractivity contribution is 0.569. The van der Waals surface area contributed by atoms with Gasteiger partial charge >= 0.3 is 0 Å². The molecule has 176 valence electrons. The number of rotatable bonds is 4. The third-order valence-corrected chi connectivity index (χ3v) is 7.70. The summed E-state index contributed by atoms with van der Waals surface area (Å²) in [4.78, 5) is 0. The fourth-order valence-corrected chi connectivity index (χ4v) is 6.11. The molecule has 0 saturated carbocycles. The van der Waals surface area contributed by atoms with Crippen LogP contribution >= 0.6 is 11.6 Å². The Labute approximate surface area is 221 Å². The summed E-state index contributed by atoms with van der Waals surface area (Å²) < 4.78 is 2.54. The zero-order chi connectivity index (χ0) is 24.8. The normalized spacial score (nSPS) is 13.9. The van der Waals surface area contributed by atoms with Gasteiger partial charge in [-0.15, -0.1) is 0 Å². The Morgan fingerprint density at radius 1 is 0.541 bits per heavy atom. The van der Waals surface area contributed by atoms with Crippen molar-refractivity contribution in [2.75, 3.05) is 0 Å². The highest BCUT2D eigenvalue weighted by atomic mass is 35.5. The Kier molecular flexibility index (Phi) is 5.13. The van der Waals surface area contributed by atoms with E-state index in [1.54, 1.807) is 0 Å². The van der Waals surface area contributed by atoms with Crippen molar-refractivity contribution in [3.05, 3.63) is 173 Å². The van der Waals surface area contributed by atoms with Gasteiger partial charge in [-0.25, -0.2) is 0 Å². The average Bonchev–Trinajstić information content (AvgIpc) is 3.49. The molecule has 0 amide bonds. The van der Waals surface area contributed by atoms with E-state index in [1.807, 2.05) is 6.07 Å². The number of nitrogens with zero attached hydrogens (tertiary/aromatic N) is 1. The minimum Gasteiger partial charge on any atom is -0.322 e. The van der Waals surface area contributed by atoms with Crippen LogP contribution in [-0.2, 0) is 5.54 Å². The molecule has 0 unspecified atom stereocenters. The maximum Gasteiger partial charge on any atom is 0.115 e. The van der Waals surface area contributed by atoms with Gasteiger partial charge in [0, 0.05) is 21.5 Å². The molecule has 2 heterocycles. The van der Waals surface area contributed by atoms with Crippen molar-refractivity contribution in [3.63, 3.8) is 0 Å². The number of halogens is 1. The van der Waals surface area contributed by atoms with Crippen LogP contribution in [0, 0.1) is 0 Å². The smallest absolute Gasteiger partial charge is 0.115 e. The SMILES string of the molecule is Clc1ccc2c(c1)c(-c1ccccc1)c1n2C(c2ccccc2)(c2ccccc2)C=C1c1ccccc1. The van der Waals surface area contributed by atoms with Gasteiger partial charge in [0.2, 0.25) is 0 Å². The molecule has 7 rings (SSSR count). The van der Waals surface area contributed by atoms with Gasteiger partial charge in [-0.2, -0.15) is 0 Å². The van der Waals surface area contributed by atoms with Crippen LogP contribution in [-0.4, -0.2) is 4.57 Å². The molecule has 0 bridgehead atoms. The molecular weight excluding hydrogens is 470 g/mol. The minimum absolute atomic E-state index is 0.526. The number of hydrogen-bond donors (Lipinski definition) is 0. The molecule has 0 aliphatic carbocycles. The first-order valence-corrected chi connectivity index (χ1v) is 12.9. The van der Waals surface area contributed by atoms with Crippen molar-refractivity contribution < 1.29 is 0 Å². The predicted molar refractivity (Wildman–Crippen MR) is 155 cm³/mol. The number of aromatic nitrogens is 1. The Hall–Kier alpha value is -4.33. The van der Waals surface area contributed by atoms with Crippen LogP contribution in [0.5, 0.6) is 0 Å². The molecule has 37 heavy (non-hydrogen) atoms. The van der Waals surface area contributed by atoms with Crippen molar-refractivity contribution in [1.29, 1.82) is 0 Å². The third-order valence-electron chi connectivity index (χ3n) is 7.47. The summed E-state index contributed by atoms with van der Waals surface area (Å²) in [5.41, 5.74) is 9.10. The second-order valence-corrected chi connectivity index (χ2v) is 9.95. The molecule has 5 aromatic carbocycles.